The average Bonchev–Trinajstić information content (AvgIpc) is 2.98. The number of methoxy groups -OCH3 is 4. The van der Waals surface area contributed by atoms with Crippen LogP contribution in [0, 0.1) is 0 Å². The third-order valence-corrected chi connectivity index (χ3v) is 6.59. The number of hydrogen-bond donors (Lipinski definition) is 6. The summed E-state index contributed by atoms with van der Waals surface area (Å²) in [6.07, 6.45) is -1.13. The molecular weight excluding hydrogens is 552 g/mol. The number of carbonyl (C=O) groups is 4. The topological polar surface area (TPSA) is 194 Å². The van der Waals surface area contributed by atoms with Gasteiger partial charge < -0.3 is 50.4 Å². The lowest BCUT2D eigenvalue weighted by Gasteiger charge is -2.25. The third kappa shape index (κ3) is 7.53. The summed E-state index contributed by atoms with van der Waals surface area (Å²) >= 11 is 0. The van der Waals surface area contributed by atoms with Crippen molar-refractivity contribution >= 4 is 34.8 Å². The molecule has 0 bridgehead atoms. The van der Waals surface area contributed by atoms with Crippen LogP contribution in [-0.2, 0) is 28.5 Å². The summed E-state index contributed by atoms with van der Waals surface area (Å²) < 4.78 is 20.2. The maximum Gasteiger partial charge on any atom is 0.221 e. The molecule has 1 aliphatic rings. The van der Waals surface area contributed by atoms with Crippen LogP contribution in [0.25, 0.3) is 0 Å². The highest BCUT2D eigenvalue weighted by Gasteiger charge is 2.38. The molecule has 14 heteroatoms. The molecule has 228 valence electrons. The fourth-order valence-corrected chi connectivity index (χ4v) is 4.38. The Morgan fingerprint density at radius 1 is 0.643 bits per heavy atom. The molecule has 0 atom stereocenters. The highest BCUT2D eigenvalue weighted by molar-refractivity contribution is 6.33. The number of ketones is 2. The van der Waals surface area contributed by atoms with Crippen LogP contribution < -0.4 is 21.3 Å². The Kier molecular flexibility index (Phi) is 11.6. The van der Waals surface area contributed by atoms with Crippen molar-refractivity contribution in [2.75, 3.05) is 65.3 Å². The van der Waals surface area contributed by atoms with Gasteiger partial charge in [-0.2, -0.15) is 0 Å². The van der Waals surface area contributed by atoms with Crippen molar-refractivity contribution in [3.05, 3.63) is 46.5 Å². The van der Waals surface area contributed by atoms with Gasteiger partial charge in [0.25, 0.3) is 0 Å². The van der Waals surface area contributed by atoms with Gasteiger partial charge in [-0.15, -0.1) is 0 Å². The van der Waals surface area contributed by atoms with Crippen molar-refractivity contribution in [1.82, 2.24) is 10.6 Å². The number of aromatic hydroxyl groups is 2. The minimum absolute atomic E-state index is 0.0296. The van der Waals surface area contributed by atoms with E-state index in [0.717, 1.165) is 12.1 Å². The SMILES string of the molecule is COC(CNC(=O)CCNc1ccc(NCCC(=O)NCC(OC)OC)c2c1C(=O)c1c(O)ccc(O)c1C2=O)OC. The van der Waals surface area contributed by atoms with Gasteiger partial charge in [0.1, 0.15) is 11.5 Å². The van der Waals surface area contributed by atoms with Crippen molar-refractivity contribution < 1.29 is 48.3 Å². The minimum atomic E-state index is -0.686. The van der Waals surface area contributed by atoms with Gasteiger partial charge in [-0.05, 0) is 24.3 Å². The van der Waals surface area contributed by atoms with Crippen LogP contribution in [0.2, 0.25) is 0 Å². The Morgan fingerprint density at radius 2 is 1.00 bits per heavy atom. The Morgan fingerprint density at radius 3 is 1.33 bits per heavy atom. The van der Waals surface area contributed by atoms with Gasteiger partial charge in [0.2, 0.25) is 23.4 Å². The maximum absolute atomic E-state index is 13.6. The summed E-state index contributed by atoms with van der Waals surface area (Å²) in [6, 6.07) is 5.38. The van der Waals surface area contributed by atoms with Gasteiger partial charge in [-0.3, -0.25) is 19.2 Å². The maximum atomic E-state index is 13.6. The molecule has 2 aromatic rings. The Hall–Kier alpha value is -4.24. The summed E-state index contributed by atoms with van der Waals surface area (Å²) in [5.74, 6) is -2.88. The molecule has 2 amide bonds. The average molecular weight is 589 g/mol. The fraction of sp³-hybridized carbons (Fsp3) is 0.429. The highest BCUT2D eigenvalue weighted by Crippen LogP contribution is 2.42. The third-order valence-electron chi connectivity index (χ3n) is 6.59. The van der Waals surface area contributed by atoms with Crippen molar-refractivity contribution in [3.63, 3.8) is 0 Å². The smallest absolute Gasteiger partial charge is 0.221 e. The quantitative estimate of drug-likeness (QED) is 0.103. The molecule has 0 aliphatic heterocycles. The standard InChI is InChI=1S/C28H36N4O10/c1-39-21(40-2)13-31-19(35)9-11-29-15-5-6-16(30-12-10-20(36)32-14-22(41-3)42-4)24-23(15)27(37)25-17(33)7-8-18(34)26(25)28(24)38/h5-8,21-22,29-30,33-34H,9-14H2,1-4H3,(H,31,35)(H,32,36). The molecule has 0 aromatic heterocycles. The molecule has 0 spiro atoms. The van der Waals surface area contributed by atoms with E-state index in [0.29, 0.717) is 0 Å². The van der Waals surface area contributed by atoms with Gasteiger partial charge in [0, 0.05) is 65.7 Å². The van der Waals surface area contributed by atoms with Gasteiger partial charge >= 0.3 is 0 Å². The Balaban J connectivity index is 1.81. The van der Waals surface area contributed by atoms with Crippen molar-refractivity contribution in [2.45, 2.75) is 25.4 Å². The monoisotopic (exact) mass is 588 g/mol. The van der Waals surface area contributed by atoms with Crippen molar-refractivity contribution in [3.8, 4) is 11.5 Å². The highest BCUT2D eigenvalue weighted by atomic mass is 16.7. The zero-order valence-corrected chi connectivity index (χ0v) is 23.9. The molecule has 0 saturated heterocycles. The summed E-state index contributed by atoms with van der Waals surface area (Å²) in [5, 5.41) is 32.2. The number of fused-ring (bicyclic) bond motifs is 2. The van der Waals surface area contributed by atoms with Crippen LogP contribution >= 0.6 is 0 Å². The van der Waals surface area contributed by atoms with Crippen LogP contribution in [0.1, 0.15) is 44.7 Å². The largest absolute Gasteiger partial charge is 0.507 e. The molecular formula is C28H36N4O10. The number of ether oxygens (including phenoxy) is 4. The molecule has 0 saturated carbocycles. The summed E-state index contributed by atoms with van der Waals surface area (Å²) in [7, 11) is 5.80. The molecule has 0 heterocycles. The van der Waals surface area contributed by atoms with Crippen molar-refractivity contribution in [1.29, 1.82) is 0 Å². The summed E-state index contributed by atoms with van der Waals surface area (Å²) in [4.78, 5) is 51.8. The van der Waals surface area contributed by atoms with E-state index >= 15 is 0 Å². The first kappa shape index (κ1) is 32.3. The lowest BCUT2D eigenvalue weighted by molar-refractivity contribution is -0.127. The van der Waals surface area contributed by atoms with E-state index in [1.165, 1.54) is 28.4 Å². The normalized spacial score (nSPS) is 12.2. The lowest BCUT2D eigenvalue weighted by Crippen LogP contribution is -2.35. The number of nitrogens with one attached hydrogen (secondary N) is 4. The minimum Gasteiger partial charge on any atom is -0.507 e. The van der Waals surface area contributed by atoms with E-state index in [2.05, 4.69) is 21.3 Å². The molecule has 6 N–H and O–H groups in total. The molecule has 2 aromatic carbocycles. The van der Waals surface area contributed by atoms with E-state index in [4.69, 9.17) is 18.9 Å². The Labute approximate surface area is 242 Å². The second-order valence-corrected chi connectivity index (χ2v) is 9.19. The molecule has 14 nitrogen and oxygen atoms in total. The second-order valence-electron chi connectivity index (χ2n) is 9.19. The van der Waals surface area contributed by atoms with Crippen LogP contribution in [0.4, 0.5) is 11.4 Å². The van der Waals surface area contributed by atoms with E-state index in [-0.39, 0.29) is 84.5 Å². The molecule has 0 unspecified atom stereocenters. The van der Waals surface area contributed by atoms with Crippen LogP contribution in [0.3, 0.4) is 0 Å². The predicted octanol–water partition coefficient (Wildman–Crippen LogP) is 0.947. The van der Waals surface area contributed by atoms with E-state index < -0.39 is 35.6 Å². The number of amides is 2. The van der Waals surface area contributed by atoms with Gasteiger partial charge in [0.15, 0.2) is 12.6 Å². The number of rotatable bonds is 16. The van der Waals surface area contributed by atoms with Crippen molar-refractivity contribution in [2.24, 2.45) is 0 Å². The fourth-order valence-electron chi connectivity index (χ4n) is 4.38. The van der Waals surface area contributed by atoms with E-state index in [9.17, 15) is 29.4 Å². The molecule has 42 heavy (non-hydrogen) atoms. The Bertz CT molecular complexity index is 1210. The summed E-state index contributed by atoms with van der Waals surface area (Å²) in [5.41, 5.74) is -0.203. The van der Waals surface area contributed by atoms with Gasteiger partial charge in [-0.25, -0.2) is 0 Å². The first-order chi connectivity index (χ1) is 20.2. The number of carbonyl (C=O) groups excluding carboxylic acids is 4. The summed E-state index contributed by atoms with van der Waals surface area (Å²) in [6.45, 7) is 0.511. The molecule has 0 radical (unpaired) electrons. The van der Waals surface area contributed by atoms with Gasteiger partial charge in [-0.1, -0.05) is 0 Å². The second kappa shape index (κ2) is 15.1. The van der Waals surface area contributed by atoms with E-state index in [1.54, 1.807) is 12.1 Å². The van der Waals surface area contributed by atoms with E-state index in [1.807, 2.05) is 0 Å². The van der Waals surface area contributed by atoms with Crippen LogP contribution in [0.15, 0.2) is 24.3 Å². The van der Waals surface area contributed by atoms with Gasteiger partial charge in [0.05, 0.1) is 35.3 Å². The zero-order chi connectivity index (χ0) is 30.8. The number of benzene rings is 2. The number of anilines is 2. The number of hydrogen-bond acceptors (Lipinski definition) is 12. The zero-order valence-electron chi connectivity index (χ0n) is 23.9. The molecule has 1 aliphatic carbocycles. The first-order valence-electron chi connectivity index (χ1n) is 13.1. The molecule has 3 rings (SSSR count). The number of phenols is 2. The first-order valence-corrected chi connectivity index (χ1v) is 13.1. The lowest BCUT2D eigenvalue weighted by atomic mass is 9.81. The number of phenolic OH excluding ortho intramolecular Hbond substituents is 2. The van der Waals surface area contributed by atoms with Crippen LogP contribution in [0.5, 0.6) is 11.5 Å². The predicted molar refractivity (Wildman–Crippen MR) is 151 cm³/mol. The van der Waals surface area contributed by atoms with Crippen LogP contribution in [-0.4, -0.2) is 101 Å². The molecule has 0 fully saturated rings.